The maximum atomic E-state index is 6.08. The van der Waals surface area contributed by atoms with Crippen molar-refractivity contribution in [3.8, 4) is 0 Å². The van der Waals surface area contributed by atoms with E-state index in [1.807, 2.05) is 16.5 Å². The fourth-order valence-electron chi connectivity index (χ4n) is 1.81. The zero-order valence-corrected chi connectivity index (χ0v) is 12.7. The highest BCUT2D eigenvalue weighted by atomic mass is 35.5. The largest absolute Gasteiger partial charge is 0.275 e. The quantitative estimate of drug-likeness (QED) is 0.685. The van der Waals surface area contributed by atoms with Crippen LogP contribution in [0, 0.1) is 0 Å². The van der Waals surface area contributed by atoms with Crippen molar-refractivity contribution in [2.75, 3.05) is 5.75 Å². The molecular weight excluding hydrogens is 315 g/mol. The monoisotopic (exact) mass is 324 g/mol. The molecule has 0 saturated carbocycles. The number of fused-ring (bicyclic) bond motifs is 1. The van der Waals surface area contributed by atoms with Crippen molar-refractivity contribution in [1.82, 2.24) is 19.6 Å². The van der Waals surface area contributed by atoms with Gasteiger partial charge in [-0.15, -0.1) is 10.2 Å². The van der Waals surface area contributed by atoms with Crippen LogP contribution in [0.25, 0.3) is 5.65 Å². The summed E-state index contributed by atoms with van der Waals surface area (Å²) in [4.78, 5) is 4.00. The molecule has 3 aromatic rings. The Bertz CT molecular complexity index is 730. The van der Waals surface area contributed by atoms with Gasteiger partial charge in [0.2, 0.25) is 0 Å². The molecule has 3 rings (SSSR count). The van der Waals surface area contributed by atoms with Gasteiger partial charge >= 0.3 is 0 Å². The smallest absolute Gasteiger partial charge is 0.195 e. The minimum atomic E-state index is 0.506. The van der Waals surface area contributed by atoms with Gasteiger partial charge in [0.1, 0.15) is 0 Å². The Hall–Kier alpha value is -1.30. The van der Waals surface area contributed by atoms with E-state index in [4.69, 9.17) is 23.2 Å². The second-order valence-corrected chi connectivity index (χ2v) is 6.04. The molecule has 0 aliphatic rings. The Labute approximate surface area is 130 Å². The van der Waals surface area contributed by atoms with Crippen LogP contribution >= 0.6 is 35.0 Å². The molecule has 0 spiro atoms. The Balaban J connectivity index is 1.75. The molecule has 0 N–H and O–H groups in total. The lowest BCUT2D eigenvalue weighted by Gasteiger charge is -2.02. The highest BCUT2D eigenvalue weighted by Gasteiger charge is 2.10. The maximum absolute atomic E-state index is 6.08. The second kappa shape index (κ2) is 5.99. The number of hydrogen-bond donors (Lipinski definition) is 0. The van der Waals surface area contributed by atoms with Crippen molar-refractivity contribution in [3.05, 3.63) is 52.4 Å². The van der Waals surface area contributed by atoms with E-state index >= 15 is 0 Å². The number of nitrogens with zero attached hydrogens (tertiary/aromatic N) is 4. The van der Waals surface area contributed by atoms with Crippen LogP contribution in [0.15, 0.2) is 41.9 Å². The van der Waals surface area contributed by atoms with Crippen LogP contribution in [0.1, 0.15) is 5.56 Å². The van der Waals surface area contributed by atoms with Crippen molar-refractivity contribution in [3.63, 3.8) is 0 Å². The highest BCUT2D eigenvalue weighted by molar-refractivity contribution is 7.99. The molecule has 0 unspecified atom stereocenters. The normalized spacial score (nSPS) is 11.1. The highest BCUT2D eigenvalue weighted by Crippen LogP contribution is 2.25. The van der Waals surface area contributed by atoms with Crippen LogP contribution in [0.2, 0.25) is 10.0 Å². The van der Waals surface area contributed by atoms with Gasteiger partial charge in [-0.2, -0.15) is 0 Å². The van der Waals surface area contributed by atoms with E-state index in [2.05, 4.69) is 15.2 Å². The second-order valence-electron chi connectivity index (χ2n) is 4.14. The lowest BCUT2D eigenvalue weighted by atomic mass is 10.2. The third-order valence-electron chi connectivity index (χ3n) is 2.77. The lowest BCUT2D eigenvalue weighted by molar-refractivity contribution is 0.919. The number of aryl methyl sites for hydroxylation is 1. The first-order valence-corrected chi connectivity index (χ1v) is 7.69. The average Bonchev–Trinajstić information content (AvgIpc) is 2.83. The SMILES string of the molecule is Clc1cc(Cl)c2nnc(SCCc3ccncc3)n2c1. The van der Waals surface area contributed by atoms with Crippen LogP contribution in [0.5, 0.6) is 0 Å². The molecule has 0 bridgehead atoms. The molecule has 4 nitrogen and oxygen atoms in total. The van der Waals surface area contributed by atoms with E-state index in [-0.39, 0.29) is 0 Å². The number of aromatic nitrogens is 4. The summed E-state index contributed by atoms with van der Waals surface area (Å²) in [6, 6.07) is 5.69. The minimum absolute atomic E-state index is 0.506. The summed E-state index contributed by atoms with van der Waals surface area (Å²) in [5.74, 6) is 0.898. The number of halogens is 2. The molecule has 7 heteroatoms. The maximum Gasteiger partial charge on any atom is 0.195 e. The number of rotatable bonds is 4. The lowest BCUT2D eigenvalue weighted by Crippen LogP contribution is -1.92. The minimum Gasteiger partial charge on any atom is -0.275 e. The summed E-state index contributed by atoms with van der Waals surface area (Å²) >= 11 is 13.7. The summed E-state index contributed by atoms with van der Waals surface area (Å²) in [5, 5.41) is 10.1. The van der Waals surface area contributed by atoms with E-state index in [0.717, 1.165) is 17.3 Å². The third kappa shape index (κ3) is 2.90. The molecule has 0 aliphatic heterocycles. The van der Waals surface area contributed by atoms with E-state index in [1.54, 1.807) is 36.4 Å². The molecule has 3 aromatic heterocycles. The van der Waals surface area contributed by atoms with Crippen molar-refractivity contribution < 1.29 is 0 Å². The Kier molecular flexibility index (Phi) is 4.10. The molecule has 0 aromatic carbocycles. The first-order valence-electron chi connectivity index (χ1n) is 5.95. The van der Waals surface area contributed by atoms with Gasteiger partial charge in [-0.25, -0.2) is 0 Å². The molecule has 0 radical (unpaired) electrons. The Morgan fingerprint density at radius 3 is 2.75 bits per heavy atom. The zero-order chi connectivity index (χ0) is 13.9. The van der Waals surface area contributed by atoms with Gasteiger partial charge in [0.15, 0.2) is 10.8 Å². The fraction of sp³-hybridized carbons (Fsp3) is 0.154. The standard InChI is InChI=1S/C13H10Cl2N4S/c14-10-7-11(15)12-17-18-13(19(12)8-10)20-6-3-9-1-4-16-5-2-9/h1-2,4-5,7-8H,3,6H2. The predicted octanol–water partition coefficient (Wildman–Crippen LogP) is 3.77. The Morgan fingerprint density at radius 2 is 1.95 bits per heavy atom. The first kappa shape index (κ1) is 13.7. The number of hydrogen-bond acceptors (Lipinski definition) is 4. The molecule has 102 valence electrons. The van der Waals surface area contributed by atoms with Crippen molar-refractivity contribution in [1.29, 1.82) is 0 Å². The molecule has 0 saturated heterocycles. The molecule has 3 heterocycles. The summed E-state index contributed by atoms with van der Waals surface area (Å²) in [6.07, 6.45) is 6.31. The van der Waals surface area contributed by atoms with E-state index in [0.29, 0.717) is 15.7 Å². The van der Waals surface area contributed by atoms with E-state index < -0.39 is 0 Å². The van der Waals surface area contributed by atoms with Crippen LogP contribution in [0.4, 0.5) is 0 Å². The van der Waals surface area contributed by atoms with Gasteiger partial charge < -0.3 is 0 Å². The number of pyridine rings is 2. The van der Waals surface area contributed by atoms with Gasteiger partial charge in [0.05, 0.1) is 10.0 Å². The summed E-state index contributed by atoms with van der Waals surface area (Å²) in [5.41, 5.74) is 1.87. The average molecular weight is 325 g/mol. The predicted molar refractivity (Wildman–Crippen MR) is 81.7 cm³/mol. The molecule has 0 atom stereocenters. The van der Waals surface area contributed by atoms with Crippen LogP contribution < -0.4 is 0 Å². The summed E-state index contributed by atoms with van der Waals surface area (Å²) in [7, 11) is 0. The van der Waals surface area contributed by atoms with Gasteiger partial charge in [-0.1, -0.05) is 35.0 Å². The van der Waals surface area contributed by atoms with Crippen LogP contribution in [-0.4, -0.2) is 25.3 Å². The van der Waals surface area contributed by atoms with E-state index in [9.17, 15) is 0 Å². The van der Waals surface area contributed by atoms with Crippen molar-refractivity contribution in [2.45, 2.75) is 11.6 Å². The number of thioether (sulfide) groups is 1. The van der Waals surface area contributed by atoms with Gasteiger partial charge in [0.25, 0.3) is 0 Å². The third-order valence-corrected chi connectivity index (χ3v) is 4.20. The van der Waals surface area contributed by atoms with Gasteiger partial charge in [0, 0.05) is 24.3 Å². The molecule has 0 fully saturated rings. The van der Waals surface area contributed by atoms with Crippen molar-refractivity contribution >= 4 is 40.6 Å². The Morgan fingerprint density at radius 1 is 1.15 bits per heavy atom. The first-order chi connectivity index (χ1) is 9.74. The van der Waals surface area contributed by atoms with Gasteiger partial charge in [-0.05, 0) is 30.2 Å². The molecule has 0 aliphatic carbocycles. The van der Waals surface area contributed by atoms with Crippen LogP contribution in [-0.2, 0) is 6.42 Å². The molecule has 20 heavy (non-hydrogen) atoms. The van der Waals surface area contributed by atoms with Crippen LogP contribution in [0.3, 0.4) is 0 Å². The van der Waals surface area contributed by atoms with E-state index in [1.165, 1.54) is 5.56 Å². The summed E-state index contributed by atoms with van der Waals surface area (Å²) in [6.45, 7) is 0. The fourth-order valence-corrected chi connectivity index (χ4v) is 3.22. The summed E-state index contributed by atoms with van der Waals surface area (Å²) < 4.78 is 1.82. The zero-order valence-electron chi connectivity index (χ0n) is 10.3. The molecular formula is C13H10Cl2N4S. The van der Waals surface area contributed by atoms with Gasteiger partial charge in [-0.3, -0.25) is 9.38 Å². The molecule has 0 amide bonds. The topological polar surface area (TPSA) is 43.1 Å². The van der Waals surface area contributed by atoms with Crippen molar-refractivity contribution in [2.24, 2.45) is 0 Å².